The number of nitrogens with one attached hydrogen (secondary N) is 1. The summed E-state index contributed by atoms with van der Waals surface area (Å²) in [6.45, 7) is 1.72. The van der Waals surface area contributed by atoms with E-state index >= 15 is 0 Å². The second-order valence-electron chi connectivity index (χ2n) is 7.36. The summed E-state index contributed by atoms with van der Waals surface area (Å²) in [5.74, 6) is -0.654. The SMILES string of the molecule is Cc1ccc2nc(NC(=O)CN3C(=O)N(C)C4(CCCCC4)C3=O)sc2c1. The molecule has 8 heteroatoms. The van der Waals surface area contributed by atoms with Crippen molar-refractivity contribution in [3.8, 4) is 0 Å². The summed E-state index contributed by atoms with van der Waals surface area (Å²) >= 11 is 1.38. The summed E-state index contributed by atoms with van der Waals surface area (Å²) in [6.07, 6.45) is 4.27. The third-order valence-corrected chi connectivity index (χ3v) is 6.51. The first kappa shape index (κ1) is 17.9. The van der Waals surface area contributed by atoms with Crippen molar-refractivity contribution in [2.24, 2.45) is 0 Å². The summed E-state index contributed by atoms with van der Waals surface area (Å²) in [5, 5.41) is 3.20. The number of anilines is 1. The van der Waals surface area contributed by atoms with Crippen LogP contribution in [0.1, 0.15) is 37.7 Å². The zero-order chi connectivity index (χ0) is 19.2. The predicted octanol–water partition coefficient (Wildman–Crippen LogP) is 3.14. The van der Waals surface area contributed by atoms with E-state index in [9.17, 15) is 14.4 Å². The van der Waals surface area contributed by atoms with Gasteiger partial charge >= 0.3 is 6.03 Å². The van der Waals surface area contributed by atoms with Crippen molar-refractivity contribution in [2.45, 2.75) is 44.6 Å². The van der Waals surface area contributed by atoms with E-state index in [-0.39, 0.29) is 12.5 Å². The van der Waals surface area contributed by atoms with Gasteiger partial charge in [-0.25, -0.2) is 9.78 Å². The standard InChI is InChI=1S/C19H22N4O3S/c1-12-6-7-13-14(10-12)27-17(20-13)21-15(24)11-23-16(25)19(22(2)18(23)26)8-4-3-5-9-19/h6-7,10H,3-5,8-9,11H2,1-2H3,(H,20,21,24). The Morgan fingerprint density at radius 3 is 2.74 bits per heavy atom. The maximum atomic E-state index is 12.9. The van der Waals surface area contributed by atoms with Crippen LogP contribution >= 0.6 is 11.3 Å². The van der Waals surface area contributed by atoms with Crippen LogP contribution < -0.4 is 5.32 Å². The van der Waals surface area contributed by atoms with Crippen LogP contribution in [0, 0.1) is 6.92 Å². The number of imide groups is 1. The van der Waals surface area contributed by atoms with E-state index in [0.29, 0.717) is 18.0 Å². The van der Waals surface area contributed by atoms with Gasteiger partial charge in [0.25, 0.3) is 5.91 Å². The molecule has 2 aliphatic rings. The van der Waals surface area contributed by atoms with Crippen molar-refractivity contribution in [1.29, 1.82) is 0 Å². The molecule has 0 radical (unpaired) electrons. The molecule has 1 saturated heterocycles. The Balaban J connectivity index is 1.48. The minimum atomic E-state index is -0.761. The number of hydrogen-bond donors (Lipinski definition) is 1. The lowest BCUT2D eigenvalue weighted by Crippen LogP contribution is -2.49. The molecule has 1 spiro atoms. The number of amides is 4. The number of fused-ring (bicyclic) bond motifs is 1. The van der Waals surface area contributed by atoms with Crippen LogP contribution in [0.2, 0.25) is 0 Å². The van der Waals surface area contributed by atoms with Gasteiger partial charge in [-0.2, -0.15) is 0 Å². The highest BCUT2D eigenvalue weighted by Gasteiger charge is 2.55. The minimum Gasteiger partial charge on any atom is -0.313 e. The fourth-order valence-electron chi connectivity index (χ4n) is 4.06. The Morgan fingerprint density at radius 1 is 1.26 bits per heavy atom. The highest BCUT2D eigenvalue weighted by molar-refractivity contribution is 7.22. The average molecular weight is 386 g/mol. The van der Waals surface area contributed by atoms with E-state index in [1.54, 1.807) is 7.05 Å². The van der Waals surface area contributed by atoms with Crippen LogP contribution in [0.4, 0.5) is 9.93 Å². The Kier molecular flexibility index (Phi) is 4.38. The molecule has 142 valence electrons. The van der Waals surface area contributed by atoms with Gasteiger partial charge in [-0.3, -0.25) is 14.5 Å². The molecule has 1 aliphatic carbocycles. The molecular formula is C19H22N4O3S. The maximum absolute atomic E-state index is 12.9. The molecule has 1 N–H and O–H groups in total. The lowest BCUT2D eigenvalue weighted by molar-refractivity contribution is -0.136. The van der Waals surface area contributed by atoms with Crippen molar-refractivity contribution >= 4 is 44.5 Å². The molecule has 1 aromatic heterocycles. The molecule has 2 fully saturated rings. The first-order valence-electron chi connectivity index (χ1n) is 9.17. The lowest BCUT2D eigenvalue weighted by Gasteiger charge is -2.35. The number of thiazole rings is 1. The number of benzene rings is 1. The number of aryl methyl sites for hydroxylation is 1. The van der Waals surface area contributed by atoms with E-state index in [0.717, 1.165) is 39.9 Å². The molecule has 0 bridgehead atoms. The summed E-state index contributed by atoms with van der Waals surface area (Å²) in [5.41, 5.74) is 1.18. The molecule has 27 heavy (non-hydrogen) atoms. The minimum absolute atomic E-state index is 0.246. The van der Waals surface area contributed by atoms with E-state index < -0.39 is 17.5 Å². The average Bonchev–Trinajstić information content (AvgIpc) is 3.11. The van der Waals surface area contributed by atoms with Gasteiger partial charge < -0.3 is 10.2 Å². The van der Waals surface area contributed by atoms with E-state index in [1.807, 2.05) is 25.1 Å². The van der Waals surface area contributed by atoms with Gasteiger partial charge in [-0.1, -0.05) is 36.7 Å². The molecule has 2 heterocycles. The Morgan fingerprint density at radius 2 is 2.00 bits per heavy atom. The first-order chi connectivity index (χ1) is 12.9. The summed E-state index contributed by atoms with van der Waals surface area (Å²) in [4.78, 5) is 45.0. The summed E-state index contributed by atoms with van der Waals surface area (Å²) < 4.78 is 0.986. The lowest BCUT2D eigenvalue weighted by atomic mass is 9.81. The van der Waals surface area contributed by atoms with E-state index in [4.69, 9.17) is 0 Å². The normalized spacial score (nSPS) is 19.3. The van der Waals surface area contributed by atoms with Crippen LogP contribution in [0.15, 0.2) is 18.2 Å². The number of nitrogens with zero attached hydrogens (tertiary/aromatic N) is 3. The first-order valence-corrected chi connectivity index (χ1v) is 9.99. The van der Waals surface area contributed by atoms with Crippen molar-refractivity contribution < 1.29 is 14.4 Å². The molecule has 4 rings (SSSR count). The second kappa shape index (κ2) is 6.60. The van der Waals surface area contributed by atoms with Crippen molar-refractivity contribution in [2.75, 3.05) is 18.9 Å². The molecule has 7 nitrogen and oxygen atoms in total. The molecule has 2 aromatic rings. The van der Waals surface area contributed by atoms with Gasteiger partial charge in [0.15, 0.2) is 5.13 Å². The molecule has 1 aromatic carbocycles. The number of hydrogen-bond acceptors (Lipinski definition) is 5. The third kappa shape index (κ3) is 2.97. The van der Waals surface area contributed by atoms with Crippen molar-refractivity contribution in [3.63, 3.8) is 0 Å². The van der Waals surface area contributed by atoms with Gasteiger partial charge in [-0.05, 0) is 37.5 Å². The maximum Gasteiger partial charge on any atom is 0.327 e. The molecular weight excluding hydrogens is 364 g/mol. The van der Waals surface area contributed by atoms with Crippen LogP contribution in [-0.2, 0) is 9.59 Å². The second-order valence-corrected chi connectivity index (χ2v) is 8.39. The zero-order valence-corrected chi connectivity index (χ0v) is 16.3. The van der Waals surface area contributed by atoms with Gasteiger partial charge in [-0.15, -0.1) is 0 Å². The smallest absolute Gasteiger partial charge is 0.313 e. The van der Waals surface area contributed by atoms with Crippen LogP contribution in [0.25, 0.3) is 10.2 Å². The topological polar surface area (TPSA) is 82.6 Å². The highest BCUT2D eigenvalue weighted by Crippen LogP contribution is 2.39. The van der Waals surface area contributed by atoms with Gasteiger partial charge in [0.2, 0.25) is 5.91 Å². The number of likely N-dealkylation sites (N-methyl/N-ethyl adjacent to an activating group) is 1. The fraction of sp³-hybridized carbons (Fsp3) is 0.474. The number of carbonyl (C=O) groups excluding carboxylic acids is 3. The largest absolute Gasteiger partial charge is 0.327 e. The summed E-state index contributed by atoms with van der Waals surface area (Å²) in [7, 11) is 1.67. The van der Waals surface area contributed by atoms with Gasteiger partial charge in [0.1, 0.15) is 12.1 Å². The quantitative estimate of drug-likeness (QED) is 0.822. The summed E-state index contributed by atoms with van der Waals surface area (Å²) in [6, 6.07) is 5.50. The molecule has 4 amide bonds. The fourth-order valence-corrected chi connectivity index (χ4v) is 5.04. The van der Waals surface area contributed by atoms with Crippen molar-refractivity contribution in [1.82, 2.24) is 14.8 Å². The number of urea groups is 1. The number of carbonyl (C=O) groups is 3. The molecule has 1 saturated carbocycles. The third-order valence-electron chi connectivity index (χ3n) is 5.58. The zero-order valence-electron chi connectivity index (χ0n) is 15.4. The van der Waals surface area contributed by atoms with E-state index in [2.05, 4.69) is 10.3 Å². The Labute approximate surface area is 161 Å². The number of aromatic nitrogens is 1. The van der Waals surface area contributed by atoms with Crippen LogP contribution in [-0.4, -0.2) is 51.8 Å². The molecule has 1 aliphatic heterocycles. The van der Waals surface area contributed by atoms with Crippen molar-refractivity contribution in [3.05, 3.63) is 23.8 Å². The monoisotopic (exact) mass is 386 g/mol. The predicted molar refractivity (Wildman–Crippen MR) is 104 cm³/mol. The van der Waals surface area contributed by atoms with Gasteiger partial charge in [0.05, 0.1) is 10.2 Å². The Hall–Kier alpha value is -2.48. The molecule has 0 unspecified atom stereocenters. The molecule has 0 atom stereocenters. The van der Waals surface area contributed by atoms with E-state index in [1.165, 1.54) is 16.2 Å². The number of rotatable bonds is 3. The van der Waals surface area contributed by atoms with Gasteiger partial charge in [0, 0.05) is 7.05 Å². The highest BCUT2D eigenvalue weighted by atomic mass is 32.1. The Bertz CT molecular complexity index is 932. The van der Waals surface area contributed by atoms with Crippen LogP contribution in [0.5, 0.6) is 0 Å². The van der Waals surface area contributed by atoms with Crippen LogP contribution in [0.3, 0.4) is 0 Å².